The van der Waals surface area contributed by atoms with Crippen LogP contribution in [0.15, 0.2) is 24.3 Å². The van der Waals surface area contributed by atoms with Crippen LogP contribution in [0.3, 0.4) is 0 Å². The molecule has 8 heteroatoms. The zero-order chi connectivity index (χ0) is 19.4. The number of nitrogens with one attached hydrogen (secondary N) is 1. The first kappa shape index (κ1) is 20.2. The summed E-state index contributed by atoms with van der Waals surface area (Å²) in [6.45, 7) is 6.11. The van der Waals surface area contributed by atoms with Crippen molar-refractivity contribution in [2.45, 2.75) is 51.0 Å². The third-order valence-corrected chi connectivity index (χ3v) is 5.85. The predicted molar refractivity (Wildman–Crippen MR) is 97.7 cm³/mol. The lowest BCUT2D eigenvalue weighted by atomic mass is 10.1. The molecule has 0 aromatic heterocycles. The highest BCUT2D eigenvalue weighted by molar-refractivity contribution is 7.88. The van der Waals surface area contributed by atoms with Gasteiger partial charge in [0.15, 0.2) is 0 Å². The average Bonchev–Trinajstić information content (AvgIpc) is 2.54. The van der Waals surface area contributed by atoms with E-state index in [4.69, 9.17) is 10.00 Å². The van der Waals surface area contributed by atoms with E-state index in [0.717, 1.165) is 0 Å². The predicted octanol–water partition coefficient (Wildman–Crippen LogP) is 2.38. The molecule has 0 bridgehead atoms. The lowest BCUT2D eigenvalue weighted by Crippen LogP contribution is -2.47. The highest BCUT2D eigenvalue weighted by Gasteiger charge is 2.29. The topological polar surface area (TPSA) is 99.5 Å². The smallest absolute Gasteiger partial charge is 0.407 e. The Morgan fingerprint density at radius 2 is 1.85 bits per heavy atom. The number of carbonyl (C=O) groups excluding carboxylic acids is 1. The van der Waals surface area contributed by atoms with Crippen molar-refractivity contribution in [1.82, 2.24) is 9.62 Å². The maximum atomic E-state index is 12.6. The molecule has 0 unspecified atom stereocenters. The van der Waals surface area contributed by atoms with Crippen molar-refractivity contribution >= 4 is 16.1 Å². The van der Waals surface area contributed by atoms with E-state index in [1.807, 2.05) is 6.07 Å². The third-order valence-electron chi connectivity index (χ3n) is 4.00. The van der Waals surface area contributed by atoms with E-state index in [2.05, 4.69) is 5.32 Å². The van der Waals surface area contributed by atoms with Crippen molar-refractivity contribution in [3.8, 4) is 6.07 Å². The first-order valence-electron chi connectivity index (χ1n) is 8.55. The van der Waals surface area contributed by atoms with E-state index < -0.39 is 21.7 Å². The number of sulfonamides is 1. The third kappa shape index (κ3) is 6.00. The van der Waals surface area contributed by atoms with Gasteiger partial charge in [0, 0.05) is 19.1 Å². The molecular weight excluding hydrogens is 354 g/mol. The van der Waals surface area contributed by atoms with E-state index >= 15 is 0 Å². The molecule has 1 saturated heterocycles. The van der Waals surface area contributed by atoms with Crippen LogP contribution >= 0.6 is 0 Å². The minimum atomic E-state index is -3.43. The molecule has 0 saturated carbocycles. The second kappa shape index (κ2) is 8.06. The fourth-order valence-electron chi connectivity index (χ4n) is 2.73. The number of hydrogen-bond donors (Lipinski definition) is 1. The van der Waals surface area contributed by atoms with Crippen LogP contribution in [0.2, 0.25) is 0 Å². The van der Waals surface area contributed by atoms with Gasteiger partial charge in [-0.1, -0.05) is 12.1 Å². The van der Waals surface area contributed by atoms with Crippen molar-refractivity contribution in [2.24, 2.45) is 0 Å². The molecule has 0 aliphatic carbocycles. The fourth-order valence-corrected chi connectivity index (χ4v) is 4.29. The van der Waals surface area contributed by atoms with Crippen LogP contribution in [0.5, 0.6) is 0 Å². The summed E-state index contributed by atoms with van der Waals surface area (Å²) in [6.07, 6.45) is 0.619. The number of rotatable bonds is 4. The van der Waals surface area contributed by atoms with Gasteiger partial charge in [0.25, 0.3) is 0 Å². The van der Waals surface area contributed by atoms with Crippen LogP contribution in [-0.2, 0) is 20.5 Å². The Hall–Kier alpha value is -2.11. The van der Waals surface area contributed by atoms with E-state index in [9.17, 15) is 13.2 Å². The average molecular weight is 379 g/mol. The number of nitrogens with zero attached hydrogens (tertiary/aromatic N) is 2. The standard InChI is InChI=1S/C18H25N3O4S/c1-18(2,3)25-17(22)20-16-8-10-21(11-9-16)26(23,24)13-15-6-4-14(12-19)5-7-15/h4-7,16H,8-11,13H2,1-3H3,(H,20,22). The Morgan fingerprint density at radius 1 is 1.27 bits per heavy atom. The molecule has 1 N–H and O–H groups in total. The van der Waals surface area contributed by atoms with E-state index in [1.165, 1.54) is 4.31 Å². The second-order valence-corrected chi connectivity index (χ2v) is 9.35. The van der Waals surface area contributed by atoms with Crippen molar-refractivity contribution in [3.05, 3.63) is 35.4 Å². The molecule has 1 aromatic carbocycles. The number of benzene rings is 1. The fraction of sp³-hybridized carbons (Fsp3) is 0.556. The molecule has 7 nitrogen and oxygen atoms in total. The van der Waals surface area contributed by atoms with Crippen LogP contribution in [0.1, 0.15) is 44.7 Å². The largest absolute Gasteiger partial charge is 0.444 e. The summed E-state index contributed by atoms with van der Waals surface area (Å²) < 4.78 is 31.8. The van der Waals surface area contributed by atoms with Crippen LogP contribution in [0, 0.1) is 11.3 Å². The molecule has 0 radical (unpaired) electrons. The maximum Gasteiger partial charge on any atom is 0.407 e. The number of amides is 1. The minimum absolute atomic E-state index is 0.0915. The van der Waals surface area contributed by atoms with Crippen LogP contribution < -0.4 is 5.32 Å². The Morgan fingerprint density at radius 3 is 2.35 bits per heavy atom. The summed E-state index contributed by atoms with van der Waals surface area (Å²) in [5.41, 5.74) is 0.591. The molecule has 0 spiro atoms. The number of carbonyl (C=O) groups is 1. The zero-order valence-corrected chi connectivity index (χ0v) is 16.2. The lowest BCUT2D eigenvalue weighted by molar-refractivity contribution is 0.0489. The first-order valence-corrected chi connectivity index (χ1v) is 10.2. The second-order valence-electron chi connectivity index (χ2n) is 7.38. The highest BCUT2D eigenvalue weighted by atomic mass is 32.2. The molecule has 0 atom stereocenters. The van der Waals surface area contributed by atoms with Gasteiger partial charge in [0.05, 0.1) is 17.4 Å². The maximum absolute atomic E-state index is 12.6. The SMILES string of the molecule is CC(C)(C)OC(=O)NC1CCN(S(=O)(=O)Cc2ccc(C#N)cc2)CC1. The van der Waals surface area contributed by atoms with E-state index in [0.29, 0.717) is 37.1 Å². The molecule has 1 aliphatic heterocycles. The Kier molecular flexibility index (Phi) is 6.26. The van der Waals surface area contributed by atoms with Gasteiger partial charge in [0.2, 0.25) is 10.0 Å². The van der Waals surface area contributed by atoms with Gasteiger partial charge in [-0.15, -0.1) is 0 Å². The summed E-state index contributed by atoms with van der Waals surface area (Å²) >= 11 is 0. The van der Waals surface area contributed by atoms with Gasteiger partial charge >= 0.3 is 6.09 Å². The monoisotopic (exact) mass is 379 g/mol. The Bertz CT molecular complexity index is 768. The summed E-state index contributed by atoms with van der Waals surface area (Å²) in [6, 6.07) is 8.46. The lowest BCUT2D eigenvalue weighted by Gasteiger charge is -2.32. The Labute approximate surface area is 155 Å². The minimum Gasteiger partial charge on any atom is -0.444 e. The van der Waals surface area contributed by atoms with Crippen molar-refractivity contribution < 1.29 is 17.9 Å². The molecule has 2 rings (SSSR count). The summed E-state index contributed by atoms with van der Waals surface area (Å²) in [5.74, 6) is -0.0944. The zero-order valence-electron chi connectivity index (χ0n) is 15.4. The molecular formula is C18H25N3O4S. The molecule has 142 valence electrons. The quantitative estimate of drug-likeness (QED) is 0.866. The molecule has 1 amide bonds. The number of ether oxygens (including phenoxy) is 1. The van der Waals surface area contributed by atoms with Gasteiger partial charge in [-0.3, -0.25) is 0 Å². The summed E-state index contributed by atoms with van der Waals surface area (Å²) in [7, 11) is -3.43. The van der Waals surface area contributed by atoms with E-state index in [-0.39, 0.29) is 11.8 Å². The molecule has 1 aliphatic rings. The highest BCUT2D eigenvalue weighted by Crippen LogP contribution is 2.18. The normalized spacial score (nSPS) is 16.7. The number of alkyl carbamates (subject to hydrolysis) is 1. The van der Waals surface area contributed by atoms with Gasteiger partial charge in [-0.05, 0) is 51.3 Å². The molecule has 1 heterocycles. The molecule has 1 aromatic rings. The summed E-state index contributed by atoms with van der Waals surface area (Å²) in [4.78, 5) is 11.8. The number of nitriles is 1. The summed E-state index contributed by atoms with van der Waals surface area (Å²) in [5, 5.41) is 11.6. The first-order chi connectivity index (χ1) is 12.1. The van der Waals surface area contributed by atoms with Crippen molar-refractivity contribution in [3.63, 3.8) is 0 Å². The van der Waals surface area contributed by atoms with Crippen LogP contribution in [0.25, 0.3) is 0 Å². The number of piperidine rings is 1. The Balaban J connectivity index is 1.87. The number of hydrogen-bond acceptors (Lipinski definition) is 5. The van der Waals surface area contributed by atoms with Gasteiger partial charge in [0.1, 0.15) is 5.60 Å². The van der Waals surface area contributed by atoms with Crippen molar-refractivity contribution in [1.29, 1.82) is 5.26 Å². The van der Waals surface area contributed by atoms with E-state index in [1.54, 1.807) is 45.0 Å². The van der Waals surface area contributed by atoms with Crippen molar-refractivity contribution in [2.75, 3.05) is 13.1 Å². The van der Waals surface area contributed by atoms with Crippen LogP contribution in [0.4, 0.5) is 4.79 Å². The van der Waals surface area contributed by atoms with Gasteiger partial charge in [-0.2, -0.15) is 5.26 Å². The molecule has 26 heavy (non-hydrogen) atoms. The van der Waals surface area contributed by atoms with Crippen LogP contribution in [-0.4, -0.2) is 43.5 Å². The van der Waals surface area contributed by atoms with Gasteiger partial charge < -0.3 is 10.1 Å². The molecule has 1 fully saturated rings. The van der Waals surface area contributed by atoms with Gasteiger partial charge in [-0.25, -0.2) is 17.5 Å².